The molecular formula is C21H28N2O3. The highest BCUT2D eigenvalue weighted by atomic mass is 16.5. The van der Waals surface area contributed by atoms with Crippen LogP contribution in [0.25, 0.3) is 5.57 Å². The van der Waals surface area contributed by atoms with E-state index in [1.807, 2.05) is 26.0 Å². The van der Waals surface area contributed by atoms with E-state index in [1.54, 1.807) is 26.4 Å². The highest BCUT2D eigenvalue weighted by Gasteiger charge is 2.33. The van der Waals surface area contributed by atoms with Crippen molar-refractivity contribution < 1.29 is 14.9 Å². The number of methoxy groups -OCH3 is 1. The van der Waals surface area contributed by atoms with E-state index in [2.05, 4.69) is 11.9 Å². The minimum atomic E-state index is -0.497. The lowest BCUT2D eigenvalue weighted by atomic mass is 9.72. The van der Waals surface area contributed by atoms with Gasteiger partial charge in [-0.3, -0.25) is 0 Å². The first-order chi connectivity index (χ1) is 12.3. The molecule has 1 aliphatic carbocycles. The predicted molar refractivity (Wildman–Crippen MR) is 106 cm³/mol. The molecule has 5 nitrogen and oxygen atoms in total. The van der Waals surface area contributed by atoms with Crippen molar-refractivity contribution in [1.82, 2.24) is 5.32 Å². The number of phenols is 1. The summed E-state index contributed by atoms with van der Waals surface area (Å²) in [6, 6.07) is 3.47. The normalized spacial score (nSPS) is 23.2. The largest absolute Gasteiger partial charge is 0.507 e. The molecular weight excluding hydrogens is 328 g/mol. The molecule has 0 amide bonds. The van der Waals surface area contributed by atoms with Gasteiger partial charge in [0.15, 0.2) is 0 Å². The molecule has 0 saturated carbocycles. The molecule has 1 aliphatic rings. The van der Waals surface area contributed by atoms with Gasteiger partial charge in [-0.1, -0.05) is 18.2 Å². The van der Waals surface area contributed by atoms with E-state index in [1.165, 1.54) is 6.21 Å². The van der Waals surface area contributed by atoms with E-state index in [4.69, 9.17) is 10.1 Å². The summed E-state index contributed by atoms with van der Waals surface area (Å²) in [5, 5.41) is 31.5. The van der Waals surface area contributed by atoms with Crippen molar-refractivity contribution in [2.75, 3.05) is 14.2 Å². The minimum absolute atomic E-state index is 0.00871. The van der Waals surface area contributed by atoms with Crippen LogP contribution in [0.3, 0.4) is 0 Å². The van der Waals surface area contributed by atoms with Crippen molar-refractivity contribution in [3.8, 4) is 11.5 Å². The fraction of sp³-hybridized carbons (Fsp3) is 0.381. The molecule has 0 fully saturated rings. The molecule has 0 heterocycles. The number of hydrogen-bond acceptors (Lipinski definition) is 5. The van der Waals surface area contributed by atoms with Crippen LogP contribution >= 0.6 is 0 Å². The molecule has 0 aliphatic heterocycles. The molecule has 1 aromatic carbocycles. The highest BCUT2D eigenvalue weighted by molar-refractivity contribution is 6.08. The quantitative estimate of drug-likeness (QED) is 0.463. The second kappa shape index (κ2) is 8.23. The average molecular weight is 356 g/mol. The number of aliphatic hydroxyl groups excluding tert-OH is 1. The summed E-state index contributed by atoms with van der Waals surface area (Å²) < 4.78 is 5.58. The molecule has 1 aromatic rings. The molecule has 0 unspecified atom stereocenters. The Hall–Kier alpha value is -2.53. The van der Waals surface area contributed by atoms with Gasteiger partial charge in [0.2, 0.25) is 0 Å². The van der Waals surface area contributed by atoms with Gasteiger partial charge < -0.3 is 25.7 Å². The third-order valence-electron chi connectivity index (χ3n) is 4.97. The van der Waals surface area contributed by atoms with Crippen LogP contribution in [0.1, 0.15) is 37.3 Å². The highest BCUT2D eigenvalue weighted by Crippen LogP contribution is 2.47. The SMILES string of the molecule is C=C(C)[C@@H]1C[C@H](O)C(C)=C[C@H]1c1c(O)cc(/C(C=N)=C/NC)cc1OC. The van der Waals surface area contributed by atoms with Crippen LogP contribution in [0.5, 0.6) is 11.5 Å². The Kier molecular flexibility index (Phi) is 6.27. The number of aromatic hydroxyl groups is 1. The molecule has 26 heavy (non-hydrogen) atoms. The summed E-state index contributed by atoms with van der Waals surface area (Å²) in [6.45, 7) is 7.91. The number of aliphatic hydroxyl groups is 1. The summed E-state index contributed by atoms with van der Waals surface area (Å²) in [5.74, 6) is 0.548. The lowest BCUT2D eigenvalue weighted by Gasteiger charge is -2.34. The van der Waals surface area contributed by atoms with Crippen LogP contribution < -0.4 is 10.1 Å². The molecule has 0 radical (unpaired) electrons. The topological polar surface area (TPSA) is 85.6 Å². The molecule has 0 bridgehead atoms. The molecule has 5 heteroatoms. The standard InChI is InChI=1S/C21H28N2O3/c1-12(2)16-9-18(24)13(3)6-17(16)21-19(25)7-14(8-20(21)26-5)15(10-22)11-23-4/h6-8,10-11,16-18,22-25H,1,9H2,2-5H3/b15-11+,22-10?/t16-,17+,18-/m0/s1. The Balaban J connectivity index is 2.63. The lowest BCUT2D eigenvalue weighted by molar-refractivity contribution is 0.168. The van der Waals surface area contributed by atoms with Crippen LogP contribution in [0, 0.1) is 11.3 Å². The van der Waals surface area contributed by atoms with Crippen LogP contribution in [0.2, 0.25) is 0 Å². The number of ether oxygens (including phenoxy) is 1. The van der Waals surface area contributed by atoms with Gasteiger partial charge in [-0.2, -0.15) is 0 Å². The Bertz CT molecular complexity index is 765. The summed E-state index contributed by atoms with van der Waals surface area (Å²) in [6.07, 6.45) is 4.98. The molecule has 2 rings (SSSR count). The van der Waals surface area contributed by atoms with E-state index < -0.39 is 6.10 Å². The van der Waals surface area contributed by atoms with E-state index in [0.29, 0.717) is 28.9 Å². The summed E-state index contributed by atoms with van der Waals surface area (Å²) in [7, 11) is 3.32. The number of phenolic OH excluding ortho intramolecular Hbond substituents is 1. The van der Waals surface area contributed by atoms with Gasteiger partial charge in [0.25, 0.3) is 0 Å². The Morgan fingerprint density at radius 1 is 1.42 bits per heavy atom. The van der Waals surface area contributed by atoms with E-state index in [9.17, 15) is 10.2 Å². The van der Waals surface area contributed by atoms with Crippen molar-refractivity contribution in [2.24, 2.45) is 5.92 Å². The maximum absolute atomic E-state index is 10.8. The Morgan fingerprint density at radius 3 is 2.65 bits per heavy atom. The van der Waals surface area contributed by atoms with Crippen LogP contribution in [0.15, 0.2) is 42.1 Å². The first kappa shape index (κ1) is 19.8. The van der Waals surface area contributed by atoms with Gasteiger partial charge in [-0.25, -0.2) is 0 Å². The Morgan fingerprint density at radius 2 is 2.12 bits per heavy atom. The summed E-state index contributed by atoms with van der Waals surface area (Å²) >= 11 is 0. The number of benzene rings is 1. The maximum Gasteiger partial charge on any atom is 0.126 e. The van der Waals surface area contributed by atoms with Crippen molar-refractivity contribution in [2.45, 2.75) is 32.3 Å². The number of rotatable bonds is 6. The number of allylic oxidation sites excluding steroid dienone is 3. The third-order valence-corrected chi connectivity index (χ3v) is 4.97. The van der Waals surface area contributed by atoms with Crippen LogP contribution in [-0.4, -0.2) is 36.7 Å². The smallest absolute Gasteiger partial charge is 0.126 e. The van der Waals surface area contributed by atoms with Gasteiger partial charge in [0.05, 0.1) is 13.2 Å². The van der Waals surface area contributed by atoms with Gasteiger partial charge >= 0.3 is 0 Å². The zero-order valence-corrected chi connectivity index (χ0v) is 15.8. The predicted octanol–water partition coefficient (Wildman–Crippen LogP) is 3.60. The number of nitrogens with one attached hydrogen (secondary N) is 2. The molecule has 0 saturated heterocycles. The average Bonchev–Trinajstić information content (AvgIpc) is 2.60. The fourth-order valence-electron chi connectivity index (χ4n) is 3.52. The lowest BCUT2D eigenvalue weighted by Crippen LogP contribution is -2.26. The Labute approximate surface area is 155 Å². The van der Waals surface area contributed by atoms with E-state index >= 15 is 0 Å². The summed E-state index contributed by atoms with van der Waals surface area (Å²) in [5.41, 5.74) is 3.85. The van der Waals surface area contributed by atoms with Crippen molar-refractivity contribution >= 4 is 11.8 Å². The van der Waals surface area contributed by atoms with E-state index in [0.717, 1.165) is 11.1 Å². The van der Waals surface area contributed by atoms with Crippen molar-refractivity contribution in [1.29, 1.82) is 5.41 Å². The second-order valence-electron chi connectivity index (χ2n) is 6.78. The molecule has 0 spiro atoms. The van der Waals surface area contributed by atoms with Gasteiger partial charge in [-0.05, 0) is 49.5 Å². The first-order valence-corrected chi connectivity index (χ1v) is 8.64. The third kappa shape index (κ3) is 3.83. The second-order valence-corrected chi connectivity index (χ2v) is 6.78. The number of hydrogen-bond donors (Lipinski definition) is 4. The fourth-order valence-corrected chi connectivity index (χ4v) is 3.52. The zero-order chi connectivity index (χ0) is 19.4. The first-order valence-electron chi connectivity index (χ1n) is 8.64. The zero-order valence-electron chi connectivity index (χ0n) is 15.8. The molecule has 0 aromatic heterocycles. The van der Waals surface area contributed by atoms with Gasteiger partial charge in [0.1, 0.15) is 11.5 Å². The molecule has 3 atom stereocenters. The summed E-state index contributed by atoms with van der Waals surface area (Å²) in [4.78, 5) is 0. The minimum Gasteiger partial charge on any atom is -0.507 e. The van der Waals surface area contributed by atoms with Gasteiger partial charge in [0, 0.05) is 36.5 Å². The molecule has 140 valence electrons. The molecule has 4 N–H and O–H groups in total. The van der Waals surface area contributed by atoms with Crippen molar-refractivity contribution in [3.63, 3.8) is 0 Å². The van der Waals surface area contributed by atoms with E-state index in [-0.39, 0.29) is 17.6 Å². The van der Waals surface area contributed by atoms with Gasteiger partial charge in [-0.15, -0.1) is 0 Å². The van der Waals surface area contributed by atoms with Crippen LogP contribution in [-0.2, 0) is 0 Å². The maximum atomic E-state index is 10.8. The van der Waals surface area contributed by atoms with Crippen molar-refractivity contribution in [3.05, 3.63) is 53.3 Å². The van der Waals surface area contributed by atoms with Crippen LogP contribution in [0.4, 0.5) is 0 Å². The monoisotopic (exact) mass is 356 g/mol.